The van der Waals surface area contributed by atoms with Crippen LogP contribution in [0.3, 0.4) is 0 Å². The second kappa shape index (κ2) is 7.14. The van der Waals surface area contributed by atoms with Crippen molar-refractivity contribution < 1.29 is 13.6 Å². The third kappa shape index (κ3) is 3.25. The molecule has 2 aliphatic rings. The lowest BCUT2D eigenvalue weighted by molar-refractivity contribution is 0.0984. The minimum atomic E-state index is -0.903. The molecule has 0 N–H and O–H groups in total. The largest absolute Gasteiger partial charge is 0.353 e. The summed E-state index contributed by atoms with van der Waals surface area (Å²) >= 11 is 1.18. The number of nitrogens with zero attached hydrogens (tertiary/aromatic N) is 5. The lowest BCUT2D eigenvalue weighted by atomic mass is 10.1. The van der Waals surface area contributed by atoms with E-state index in [9.17, 15) is 13.6 Å². The first kappa shape index (κ1) is 18.1. The van der Waals surface area contributed by atoms with Gasteiger partial charge in [-0.25, -0.2) is 14.4 Å². The lowest BCUT2D eigenvalue weighted by Gasteiger charge is -2.25. The number of rotatable bonds is 3. The van der Waals surface area contributed by atoms with Gasteiger partial charge in [0.1, 0.15) is 21.9 Å². The number of fused-ring (bicyclic) bond motifs is 1. The van der Waals surface area contributed by atoms with Gasteiger partial charge in [-0.15, -0.1) is 11.3 Å². The Morgan fingerprint density at radius 2 is 1.93 bits per heavy atom. The molecule has 148 valence electrons. The molecule has 5 rings (SSSR count). The predicted octanol–water partition coefficient (Wildman–Crippen LogP) is 3.49. The Morgan fingerprint density at radius 1 is 1.10 bits per heavy atom. The summed E-state index contributed by atoms with van der Waals surface area (Å²) in [6.07, 6.45) is 3.41. The third-order valence-corrected chi connectivity index (χ3v) is 6.32. The first-order valence-electron chi connectivity index (χ1n) is 9.37. The van der Waals surface area contributed by atoms with E-state index in [1.807, 2.05) is 0 Å². The molecule has 0 saturated carbocycles. The number of amides is 1. The van der Waals surface area contributed by atoms with Crippen LogP contribution in [0.1, 0.15) is 21.8 Å². The number of hydrogen-bond donors (Lipinski definition) is 0. The third-order valence-electron chi connectivity index (χ3n) is 5.20. The quantitative estimate of drug-likeness (QED) is 0.615. The maximum atomic E-state index is 14.7. The summed E-state index contributed by atoms with van der Waals surface area (Å²) in [5.74, 6) is -0.376. The van der Waals surface area contributed by atoms with Gasteiger partial charge in [0.2, 0.25) is 5.95 Å². The Balaban J connectivity index is 1.43. The summed E-state index contributed by atoms with van der Waals surface area (Å²) in [4.78, 5) is 29.4. The van der Waals surface area contributed by atoms with Crippen LogP contribution in [-0.4, -0.2) is 46.7 Å². The van der Waals surface area contributed by atoms with Gasteiger partial charge in [-0.3, -0.25) is 9.78 Å². The molecule has 6 nitrogen and oxygen atoms in total. The zero-order valence-electron chi connectivity index (χ0n) is 15.4. The van der Waals surface area contributed by atoms with Gasteiger partial charge in [-0.1, -0.05) is 0 Å². The summed E-state index contributed by atoms with van der Waals surface area (Å²) in [7, 11) is 0. The van der Waals surface area contributed by atoms with E-state index in [1.54, 1.807) is 46.5 Å². The number of aromatic nitrogens is 3. The first-order valence-corrected chi connectivity index (χ1v) is 10.2. The van der Waals surface area contributed by atoms with Crippen LogP contribution in [0.25, 0.3) is 10.6 Å². The molecule has 1 amide bonds. The smallest absolute Gasteiger partial charge is 0.270 e. The molecule has 1 unspecified atom stereocenters. The lowest BCUT2D eigenvalue weighted by Crippen LogP contribution is -2.36. The average Bonchev–Trinajstić information content (AvgIpc) is 3.36. The molecular formula is C20H17F2N5OS. The van der Waals surface area contributed by atoms with Crippen molar-refractivity contribution in [2.45, 2.75) is 19.0 Å². The van der Waals surface area contributed by atoms with E-state index in [0.29, 0.717) is 47.3 Å². The molecule has 0 bridgehead atoms. The average molecular weight is 413 g/mol. The summed E-state index contributed by atoms with van der Waals surface area (Å²) < 4.78 is 28.1. The van der Waals surface area contributed by atoms with Crippen LogP contribution in [0.2, 0.25) is 0 Å². The minimum Gasteiger partial charge on any atom is -0.353 e. The van der Waals surface area contributed by atoms with Crippen molar-refractivity contribution in [1.29, 1.82) is 0 Å². The van der Waals surface area contributed by atoms with E-state index >= 15 is 0 Å². The van der Waals surface area contributed by atoms with Gasteiger partial charge >= 0.3 is 0 Å². The van der Waals surface area contributed by atoms with E-state index in [0.717, 1.165) is 5.69 Å². The monoisotopic (exact) mass is 413 g/mol. The van der Waals surface area contributed by atoms with Crippen molar-refractivity contribution in [3.05, 3.63) is 53.2 Å². The van der Waals surface area contributed by atoms with Gasteiger partial charge in [0.15, 0.2) is 0 Å². The molecular weight excluding hydrogens is 396 g/mol. The second-order valence-corrected chi connectivity index (χ2v) is 8.05. The van der Waals surface area contributed by atoms with Crippen molar-refractivity contribution in [1.82, 2.24) is 15.0 Å². The summed E-state index contributed by atoms with van der Waals surface area (Å²) in [5.41, 5.74) is 1.72. The van der Waals surface area contributed by atoms with Crippen LogP contribution in [-0.2, 0) is 6.42 Å². The summed E-state index contributed by atoms with van der Waals surface area (Å²) in [6, 6.07) is 6.86. The number of anilines is 2. The van der Waals surface area contributed by atoms with Gasteiger partial charge in [0, 0.05) is 37.6 Å². The summed E-state index contributed by atoms with van der Waals surface area (Å²) in [5, 5.41) is 0.432. The van der Waals surface area contributed by atoms with Crippen LogP contribution in [0.4, 0.5) is 20.3 Å². The number of hydrogen-bond acceptors (Lipinski definition) is 6. The summed E-state index contributed by atoms with van der Waals surface area (Å²) in [6.45, 7) is 1.27. The zero-order chi connectivity index (χ0) is 20.0. The molecule has 3 aromatic rings. The molecule has 5 heterocycles. The van der Waals surface area contributed by atoms with Crippen LogP contribution in [0.5, 0.6) is 0 Å². The first-order chi connectivity index (χ1) is 14.1. The number of halogens is 2. The molecule has 1 saturated heterocycles. The Morgan fingerprint density at radius 3 is 2.66 bits per heavy atom. The Hall–Kier alpha value is -2.94. The van der Waals surface area contributed by atoms with E-state index < -0.39 is 12.1 Å². The number of alkyl halides is 1. The molecule has 0 spiro atoms. The van der Waals surface area contributed by atoms with E-state index in [4.69, 9.17) is 0 Å². The van der Waals surface area contributed by atoms with Crippen molar-refractivity contribution >= 4 is 28.7 Å². The zero-order valence-corrected chi connectivity index (χ0v) is 16.2. The maximum Gasteiger partial charge on any atom is 0.270 e. The van der Waals surface area contributed by atoms with Crippen LogP contribution in [0.15, 0.2) is 36.7 Å². The van der Waals surface area contributed by atoms with E-state index in [2.05, 4.69) is 15.0 Å². The van der Waals surface area contributed by atoms with Gasteiger partial charge in [-0.2, -0.15) is 4.39 Å². The number of pyridine rings is 2. The van der Waals surface area contributed by atoms with Gasteiger partial charge in [0.05, 0.1) is 17.8 Å². The van der Waals surface area contributed by atoms with Gasteiger partial charge in [-0.05, 0) is 30.7 Å². The Bertz CT molecular complexity index is 1070. The van der Waals surface area contributed by atoms with E-state index in [-0.39, 0.29) is 18.0 Å². The molecule has 0 aromatic carbocycles. The SMILES string of the molecule is O=C1c2sc(-c3ccc(N4CCC(F)C4)nc3F)nc2CCN1c1ccncc1. The van der Waals surface area contributed by atoms with Crippen LogP contribution < -0.4 is 9.80 Å². The molecule has 0 aliphatic carbocycles. The van der Waals surface area contributed by atoms with Crippen molar-refractivity contribution in [2.24, 2.45) is 0 Å². The molecule has 29 heavy (non-hydrogen) atoms. The molecule has 1 atom stereocenters. The van der Waals surface area contributed by atoms with Crippen molar-refractivity contribution in [2.75, 3.05) is 29.4 Å². The highest BCUT2D eigenvalue weighted by Gasteiger charge is 2.30. The highest BCUT2D eigenvalue weighted by Crippen LogP contribution is 2.35. The fourth-order valence-corrected chi connectivity index (χ4v) is 4.78. The fraction of sp³-hybridized carbons (Fsp3) is 0.300. The van der Waals surface area contributed by atoms with E-state index in [1.165, 1.54) is 11.3 Å². The van der Waals surface area contributed by atoms with Gasteiger partial charge < -0.3 is 9.80 Å². The van der Waals surface area contributed by atoms with Crippen molar-refractivity contribution in [3.8, 4) is 10.6 Å². The van der Waals surface area contributed by atoms with Crippen LogP contribution in [0, 0.1) is 5.95 Å². The maximum absolute atomic E-state index is 14.7. The standard InChI is InChI=1S/C20H17F2N5OS/c21-12-5-9-26(11-12)16-2-1-14(18(22)25-16)19-24-15-6-10-27(20(28)17(15)29-19)13-3-7-23-8-4-13/h1-4,7-8,12H,5-6,9-11H2. The molecule has 0 radical (unpaired) electrons. The number of thiazole rings is 1. The highest BCUT2D eigenvalue weighted by atomic mass is 32.1. The van der Waals surface area contributed by atoms with Crippen molar-refractivity contribution in [3.63, 3.8) is 0 Å². The fourth-order valence-electron chi connectivity index (χ4n) is 3.70. The Kier molecular flexibility index (Phi) is 4.46. The molecule has 2 aliphatic heterocycles. The normalized spacial score (nSPS) is 19.0. The number of carbonyl (C=O) groups is 1. The molecule has 1 fully saturated rings. The predicted molar refractivity (Wildman–Crippen MR) is 107 cm³/mol. The minimum absolute atomic E-state index is 0.141. The molecule has 3 aromatic heterocycles. The Labute approximate surface area is 169 Å². The number of carbonyl (C=O) groups excluding carboxylic acids is 1. The molecule has 9 heteroatoms. The van der Waals surface area contributed by atoms with Gasteiger partial charge in [0.25, 0.3) is 5.91 Å². The topological polar surface area (TPSA) is 62.2 Å². The highest BCUT2D eigenvalue weighted by molar-refractivity contribution is 7.17. The van der Waals surface area contributed by atoms with Crippen LogP contribution >= 0.6 is 11.3 Å². The second-order valence-electron chi connectivity index (χ2n) is 7.05.